The summed E-state index contributed by atoms with van der Waals surface area (Å²) in [5.74, 6) is 1.37. The minimum Gasteiger partial charge on any atom is -0.369 e. The van der Waals surface area contributed by atoms with Crippen LogP contribution in [-0.4, -0.2) is 73.3 Å². The first kappa shape index (κ1) is 23.8. The molecule has 2 N–H and O–H groups in total. The zero-order chi connectivity index (χ0) is 23.5. The van der Waals surface area contributed by atoms with Crippen molar-refractivity contribution in [3.05, 3.63) is 59.4 Å². The van der Waals surface area contributed by atoms with Crippen LogP contribution in [-0.2, 0) is 0 Å². The van der Waals surface area contributed by atoms with Crippen LogP contribution < -0.4 is 15.5 Å². The SMILES string of the molecule is Fc1ccc(N2CCN(CC3CN4CCC3CC4CNC(=S)Nc3cccc(Cl)c3)CC2)cc1. The van der Waals surface area contributed by atoms with Gasteiger partial charge in [0.25, 0.3) is 0 Å². The largest absolute Gasteiger partial charge is 0.369 e. The highest BCUT2D eigenvalue weighted by molar-refractivity contribution is 7.80. The summed E-state index contributed by atoms with van der Waals surface area (Å²) in [4.78, 5) is 7.66. The Kier molecular flexibility index (Phi) is 7.54. The fourth-order valence-corrected chi connectivity index (χ4v) is 6.18. The number of thiocarbonyl (C=S) groups is 1. The van der Waals surface area contributed by atoms with E-state index in [4.69, 9.17) is 23.8 Å². The molecular weight excluding hydrogens is 469 g/mol. The lowest BCUT2D eigenvalue weighted by atomic mass is 9.75. The van der Waals surface area contributed by atoms with Crippen molar-refractivity contribution in [1.29, 1.82) is 0 Å². The van der Waals surface area contributed by atoms with Crippen molar-refractivity contribution in [3.63, 3.8) is 0 Å². The van der Waals surface area contributed by atoms with Crippen molar-refractivity contribution in [3.8, 4) is 0 Å². The number of hydrogen-bond donors (Lipinski definition) is 2. The summed E-state index contributed by atoms with van der Waals surface area (Å²) >= 11 is 11.6. The Morgan fingerprint density at radius 2 is 1.85 bits per heavy atom. The van der Waals surface area contributed by atoms with Crippen LogP contribution in [0.15, 0.2) is 48.5 Å². The van der Waals surface area contributed by atoms with Crippen LogP contribution in [0.2, 0.25) is 5.02 Å². The van der Waals surface area contributed by atoms with Gasteiger partial charge in [0.2, 0.25) is 0 Å². The Labute approximate surface area is 212 Å². The number of rotatable bonds is 6. The van der Waals surface area contributed by atoms with Gasteiger partial charge in [0.05, 0.1) is 0 Å². The minimum atomic E-state index is -0.169. The average Bonchev–Trinajstić information content (AvgIpc) is 2.84. The van der Waals surface area contributed by atoms with E-state index >= 15 is 0 Å². The second-order valence-electron chi connectivity index (χ2n) is 9.80. The molecule has 4 unspecified atom stereocenters. The summed E-state index contributed by atoms with van der Waals surface area (Å²) in [5.41, 5.74) is 2.04. The van der Waals surface area contributed by atoms with Gasteiger partial charge in [0.15, 0.2) is 5.11 Å². The Morgan fingerprint density at radius 3 is 2.56 bits per heavy atom. The van der Waals surface area contributed by atoms with Crippen molar-refractivity contribution in [2.24, 2.45) is 11.8 Å². The third kappa shape index (κ3) is 5.82. The molecule has 0 saturated carbocycles. The lowest BCUT2D eigenvalue weighted by Crippen LogP contribution is -2.59. The highest BCUT2D eigenvalue weighted by Crippen LogP contribution is 2.36. The molecule has 6 rings (SSSR count). The Morgan fingerprint density at radius 1 is 1.06 bits per heavy atom. The third-order valence-corrected chi connectivity index (χ3v) is 8.13. The molecule has 4 aliphatic rings. The first-order valence-corrected chi connectivity index (χ1v) is 13.1. The average molecular weight is 502 g/mol. The third-order valence-electron chi connectivity index (χ3n) is 7.65. The standard InChI is InChI=1S/C26H33ClFN5S/c27-21-2-1-3-23(15-21)30-26(34)29-16-25-14-19-8-9-33(25)18-20(19)17-31-10-12-32(13-11-31)24-6-4-22(28)5-7-24/h1-7,15,19-20,25H,8-14,16-18H2,(H2,29,30,34). The fraction of sp³-hybridized carbons (Fsp3) is 0.500. The molecule has 34 heavy (non-hydrogen) atoms. The van der Waals surface area contributed by atoms with Crippen LogP contribution in [0.25, 0.3) is 0 Å². The number of hydrogen-bond acceptors (Lipinski definition) is 4. The molecular formula is C26H33ClFN5S. The normalized spacial score (nSPS) is 26.9. The fourth-order valence-electron chi connectivity index (χ4n) is 5.79. The van der Waals surface area contributed by atoms with E-state index in [0.717, 1.165) is 55.9 Å². The predicted molar refractivity (Wildman–Crippen MR) is 142 cm³/mol. The van der Waals surface area contributed by atoms with Gasteiger partial charge in [-0.15, -0.1) is 0 Å². The van der Waals surface area contributed by atoms with Gasteiger partial charge >= 0.3 is 0 Å². The number of fused-ring (bicyclic) bond motifs is 3. The van der Waals surface area contributed by atoms with Crippen LogP contribution in [0.1, 0.15) is 12.8 Å². The van der Waals surface area contributed by atoms with Crippen LogP contribution >= 0.6 is 23.8 Å². The highest BCUT2D eigenvalue weighted by Gasteiger charge is 2.40. The van der Waals surface area contributed by atoms with Crippen LogP contribution in [0.5, 0.6) is 0 Å². The van der Waals surface area contributed by atoms with E-state index in [0.29, 0.717) is 16.2 Å². The van der Waals surface area contributed by atoms with Gasteiger partial charge in [0, 0.05) is 68.3 Å². The Bertz CT molecular complexity index is 981. The van der Waals surface area contributed by atoms with Gasteiger partial charge < -0.3 is 15.5 Å². The zero-order valence-electron chi connectivity index (χ0n) is 19.4. The number of piperazine rings is 1. The van der Waals surface area contributed by atoms with E-state index in [-0.39, 0.29) is 5.82 Å². The van der Waals surface area contributed by atoms with Gasteiger partial charge in [-0.1, -0.05) is 17.7 Å². The highest BCUT2D eigenvalue weighted by atomic mass is 35.5. The Balaban J connectivity index is 1.06. The Hall–Kier alpha value is -1.93. The predicted octanol–water partition coefficient (Wildman–Crippen LogP) is 4.30. The monoisotopic (exact) mass is 501 g/mol. The van der Waals surface area contributed by atoms with E-state index in [9.17, 15) is 4.39 Å². The molecule has 2 aromatic carbocycles. The van der Waals surface area contributed by atoms with E-state index in [1.807, 2.05) is 36.4 Å². The maximum absolute atomic E-state index is 13.2. The quantitative estimate of drug-likeness (QED) is 0.574. The van der Waals surface area contributed by atoms with Crippen LogP contribution in [0.4, 0.5) is 15.8 Å². The second kappa shape index (κ2) is 10.8. The number of benzene rings is 2. The van der Waals surface area contributed by atoms with E-state index < -0.39 is 0 Å². The number of nitrogens with zero attached hydrogens (tertiary/aromatic N) is 3. The summed E-state index contributed by atoms with van der Waals surface area (Å²) in [6.07, 6.45) is 2.55. The molecule has 2 bridgehead atoms. The van der Waals surface area contributed by atoms with Crippen molar-refractivity contribution in [2.75, 3.05) is 62.6 Å². The summed E-state index contributed by atoms with van der Waals surface area (Å²) in [7, 11) is 0. The number of piperidine rings is 3. The van der Waals surface area contributed by atoms with Gasteiger partial charge in [-0.2, -0.15) is 0 Å². The molecule has 2 aromatic rings. The number of nitrogens with one attached hydrogen (secondary N) is 2. The van der Waals surface area contributed by atoms with Crippen molar-refractivity contribution >= 4 is 40.3 Å². The molecule has 4 heterocycles. The molecule has 4 saturated heterocycles. The van der Waals surface area contributed by atoms with Crippen molar-refractivity contribution < 1.29 is 4.39 Å². The molecule has 0 amide bonds. The smallest absolute Gasteiger partial charge is 0.170 e. The second-order valence-corrected chi connectivity index (χ2v) is 10.6. The van der Waals surface area contributed by atoms with Crippen molar-refractivity contribution in [1.82, 2.24) is 15.1 Å². The molecule has 0 radical (unpaired) electrons. The summed E-state index contributed by atoms with van der Waals surface area (Å²) in [6, 6.07) is 15.1. The van der Waals surface area contributed by atoms with E-state index in [2.05, 4.69) is 25.3 Å². The van der Waals surface area contributed by atoms with Crippen LogP contribution in [0.3, 0.4) is 0 Å². The molecule has 0 spiro atoms. The minimum absolute atomic E-state index is 0.169. The first-order chi connectivity index (χ1) is 16.5. The van der Waals surface area contributed by atoms with E-state index in [1.165, 1.54) is 32.5 Å². The molecule has 8 heteroatoms. The topological polar surface area (TPSA) is 33.8 Å². The molecule has 4 atom stereocenters. The molecule has 4 fully saturated rings. The van der Waals surface area contributed by atoms with Crippen molar-refractivity contribution in [2.45, 2.75) is 18.9 Å². The van der Waals surface area contributed by atoms with Crippen LogP contribution in [0, 0.1) is 17.7 Å². The summed E-state index contributed by atoms with van der Waals surface area (Å²) in [6.45, 7) is 8.63. The summed E-state index contributed by atoms with van der Waals surface area (Å²) < 4.78 is 13.2. The number of halogens is 2. The lowest BCUT2D eigenvalue weighted by Gasteiger charge is -2.51. The summed E-state index contributed by atoms with van der Waals surface area (Å²) in [5, 5.41) is 8.01. The molecule has 0 aromatic heterocycles. The van der Waals surface area contributed by atoms with Gasteiger partial charge in [0.1, 0.15) is 5.82 Å². The maximum atomic E-state index is 13.2. The first-order valence-electron chi connectivity index (χ1n) is 12.3. The maximum Gasteiger partial charge on any atom is 0.170 e. The molecule has 5 nitrogen and oxygen atoms in total. The van der Waals surface area contributed by atoms with E-state index in [1.54, 1.807) is 12.1 Å². The molecule has 4 aliphatic heterocycles. The molecule has 182 valence electrons. The van der Waals surface area contributed by atoms with Gasteiger partial charge in [-0.3, -0.25) is 9.80 Å². The van der Waals surface area contributed by atoms with Gasteiger partial charge in [-0.25, -0.2) is 4.39 Å². The molecule has 0 aliphatic carbocycles. The number of anilines is 2. The van der Waals surface area contributed by atoms with Gasteiger partial charge in [-0.05, 0) is 85.9 Å². The lowest BCUT2D eigenvalue weighted by molar-refractivity contribution is -0.0110. The zero-order valence-corrected chi connectivity index (χ0v) is 21.0.